The van der Waals surface area contributed by atoms with Gasteiger partial charge in [0.25, 0.3) is 5.91 Å². The summed E-state index contributed by atoms with van der Waals surface area (Å²) >= 11 is 0. The minimum absolute atomic E-state index is 0.0236. The Morgan fingerprint density at radius 3 is 2.58 bits per heavy atom. The molecule has 0 saturated heterocycles. The van der Waals surface area contributed by atoms with Gasteiger partial charge in [0.15, 0.2) is 11.5 Å². The van der Waals surface area contributed by atoms with E-state index in [4.69, 9.17) is 0 Å². The topological polar surface area (TPSA) is 70.5 Å². The molecular weight excluding hydrogens is 311 g/mol. The molecule has 2 heterocycles. The van der Waals surface area contributed by atoms with Gasteiger partial charge in [0.2, 0.25) is 0 Å². The highest BCUT2D eigenvalue weighted by atomic mass is 19.1. The van der Waals surface area contributed by atoms with E-state index in [-0.39, 0.29) is 12.1 Å². The van der Waals surface area contributed by atoms with Crippen molar-refractivity contribution in [2.24, 2.45) is 0 Å². The Kier molecular flexibility index (Phi) is 4.12. The van der Waals surface area contributed by atoms with Crippen LogP contribution in [0.4, 0.5) is 4.39 Å². The summed E-state index contributed by atoms with van der Waals surface area (Å²) in [6, 6.07) is 8.31. The van der Waals surface area contributed by atoms with E-state index in [1.54, 1.807) is 24.5 Å². The summed E-state index contributed by atoms with van der Waals surface area (Å²) in [6.45, 7) is 1.47. The lowest BCUT2D eigenvalue weighted by molar-refractivity contribution is -0.130. The lowest BCUT2D eigenvalue weighted by Gasteiger charge is -2.26. The number of Topliss-reactive ketones (excluding diaryl/α,β-unsaturated/α-hetero) is 1. The van der Waals surface area contributed by atoms with E-state index in [9.17, 15) is 19.1 Å². The molecule has 1 amide bonds. The maximum Gasteiger partial charge on any atom is 0.290 e. The quantitative estimate of drug-likeness (QED) is 0.938. The number of aliphatic hydroxyl groups is 1. The molecule has 0 unspecified atom stereocenters. The number of hydrogen-bond acceptors (Lipinski definition) is 4. The Hall–Kier alpha value is -3.02. The summed E-state index contributed by atoms with van der Waals surface area (Å²) in [5.74, 6) is -2.00. The first-order valence-electron chi connectivity index (χ1n) is 7.38. The van der Waals surface area contributed by atoms with Crippen LogP contribution in [0.2, 0.25) is 0 Å². The number of rotatable bonds is 4. The van der Waals surface area contributed by atoms with Crippen molar-refractivity contribution in [2.75, 3.05) is 0 Å². The second kappa shape index (κ2) is 6.23. The van der Waals surface area contributed by atoms with Gasteiger partial charge in [-0.2, -0.15) is 0 Å². The van der Waals surface area contributed by atoms with Crippen molar-refractivity contribution in [2.45, 2.75) is 19.5 Å². The normalized spacial score (nSPS) is 17.5. The van der Waals surface area contributed by atoms with Gasteiger partial charge in [-0.1, -0.05) is 18.2 Å². The summed E-state index contributed by atoms with van der Waals surface area (Å²) in [7, 11) is 0. The smallest absolute Gasteiger partial charge is 0.290 e. The van der Waals surface area contributed by atoms with E-state index in [1.807, 2.05) is 0 Å². The van der Waals surface area contributed by atoms with E-state index in [1.165, 1.54) is 36.1 Å². The monoisotopic (exact) mass is 326 g/mol. The number of ketones is 1. The first-order valence-corrected chi connectivity index (χ1v) is 7.38. The molecule has 24 heavy (non-hydrogen) atoms. The predicted octanol–water partition coefficient (Wildman–Crippen LogP) is 2.71. The SMILES string of the molecule is CC(=O)C1=C(O)C(=O)N(Cc2cccnc2)[C@H]1c1ccc(F)cc1. The maximum absolute atomic E-state index is 13.2. The molecule has 1 aliphatic rings. The number of carbonyl (C=O) groups excluding carboxylic acids is 2. The first-order chi connectivity index (χ1) is 11.5. The molecule has 0 spiro atoms. The fourth-order valence-corrected chi connectivity index (χ4v) is 2.86. The van der Waals surface area contributed by atoms with Crippen LogP contribution in [0.15, 0.2) is 60.1 Å². The molecule has 5 nitrogen and oxygen atoms in total. The van der Waals surface area contributed by atoms with Gasteiger partial charge in [-0.3, -0.25) is 14.6 Å². The molecule has 0 saturated carbocycles. The van der Waals surface area contributed by atoms with Crippen LogP contribution in [-0.4, -0.2) is 26.7 Å². The van der Waals surface area contributed by atoms with Crippen molar-refractivity contribution >= 4 is 11.7 Å². The summed E-state index contributed by atoms with van der Waals surface area (Å²) in [4.78, 5) is 29.8. The lowest BCUT2D eigenvalue weighted by atomic mass is 9.96. The second-order valence-electron chi connectivity index (χ2n) is 5.57. The van der Waals surface area contributed by atoms with Gasteiger partial charge in [0.05, 0.1) is 11.6 Å². The summed E-state index contributed by atoms with van der Waals surface area (Å²) in [5, 5.41) is 10.1. The fourth-order valence-electron chi connectivity index (χ4n) is 2.86. The van der Waals surface area contributed by atoms with Crippen molar-refractivity contribution in [1.82, 2.24) is 9.88 Å². The van der Waals surface area contributed by atoms with Crippen molar-refractivity contribution in [3.05, 3.63) is 77.1 Å². The van der Waals surface area contributed by atoms with Gasteiger partial charge in [-0.05, 0) is 36.2 Å². The molecule has 6 heteroatoms. The largest absolute Gasteiger partial charge is 0.503 e. The van der Waals surface area contributed by atoms with E-state index in [0.29, 0.717) is 5.56 Å². The number of amides is 1. The molecule has 1 aromatic carbocycles. The van der Waals surface area contributed by atoms with Gasteiger partial charge < -0.3 is 10.0 Å². The zero-order valence-corrected chi connectivity index (χ0v) is 12.9. The standard InChI is InChI=1S/C18H15FN2O3/c1-11(22)15-16(13-4-6-14(19)7-5-13)21(18(24)17(15)23)10-12-3-2-8-20-9-12/h2-9,16,23H,10H2,1H3/t16-/m0/s1. The summed E-state index contributed by atoms with van der Waals surface area (Å²) in [5.41, 5.74) is 1.34. The van der Waals surface area contributed by atoms with Crippen LogP contribution in [0, 0.1) is 5.82 Å². The van der Waals surface area contributed by atoms with Crippen molar-refractivity contribution in [3.63, 3.8) is 0 Å². The zero-order chi connectivity index (χ0) is 17.3. The van der Waals surface area contributed by atoms with Gasteiger partial charge in [0, 0.05) is 18.9 Å². The molecule has 1 aromatic heterocycles. The third-order valence-corrected chi connectivity index (χ3v) is 3.94. The lowest BCUT2D eigenvalue weighted by Crippen LogP contribution is -2.30. The Bertz CT molecular complexity index is 816. The molecule has 0 radical (unpaired) electrons. The van der Waals surface area contributed by atoms with Crippen LogP contribution in [0.1, 0.15) is 24.1 Å². The average molecular weight is 326 g/mol. The van der Waals surface area contributed by atoms with Crippen LogP contribution in [-0.2, 0) is 16.1 Å². The first kappa shape index (κ1) is 15.9. The van der Waals surface area contributed by atoms with Crippen molar-refractivity contribution < 1.29 is 19.1 Å². The van der Waals surface area contributed by atoms with Crippen LogP contribution in [0.25, 0.3) is 0 Å². The Morgan fingerprint density at radius 1 is 1.29 bits per heavy atom. The third kappa shape index (κ3) is 2.78. The van der Waals surface area contributed by atoms with E-state index < -0.39 is 29.3 Å². The van der Waals surface area contributed by atoms with Crippen LogP contribution >= 0.6 is 0 Å². The average Bonchev–Trinajstić information content (AvgIpc) is 2.82. The molecule has 3 rings (SSSR count). The summed E-state index contributed by atoms with van der Waals surface area (Å²) in [6.07, 6.45) is 3.22. The number of halogens is 1. The molecule has 0 fully saturated rings. The molecule has 1 N–H and O–H groups in total. The minimum Gasteiger partial charge on any atom is -0.503 e. The summed E-state index contributed by atoms with van der Waals surface area (Å²) < 4.78 is 13.2. The molecule has 0 aliphatic carbocycles. The highest BCUT2D eigenvalue weighted by molar-refractivity contribution is 6.08. The fraction of sp³-hybridized carbons (Fsp3) is 0.167. The third-order valence-electron chi connectivity index (χ3n) is 3.94. The van der Waals surface area contributed by atoms with Gasteiger partial charge in [0.1, 0.15) is 5.82 Å². The number of nitrogens with zero attached hydrogens (tertiary/aromatic N) is 2. The van der Waals surface area contributed by atoms with Crippen LogP contribution in [0.3, 0.4) is 0 Å². The number of carbonyl (C=O) groups is 2. The van der Waals surface area contributed by atoms with Crippen LogP contribution < -0.4 is 0 Å². The second-order valence-corrected chi connectivity index (χ2v) is 5.57. The highest BCUT2D eigenvalue weighted by Gasteiger charge is 2.42. The molecular formula is C18H15FN2O3. The predicted molar refractivity (Wildman–Crippen MR) is 84.3 cm³/mol. The number of pyridine rings is 1. The minimum atomic E-state index is -0.754. The number of aliphatic hydroxyl groups excluding tert-OH is 1. The Labute approximate surface area is 138 Å². The van der Waals surface area contributed by atoms with Gasteiger partial charge >= 0.3 is 0 Å². The molecule has 1 atom stereocenters. The molecule has 0 bridgehead atoms. The molecule has 1 aliphatic heterocycles. The van der Waals surface area contributed by atoms with Crippen molar-refractivity contribution in [1.29, 1.82) is 0 Å². The zero-order valence-electron chi connectivity index (χ0n) is 12.9. The van der Waals surface area contributed by atoms with E-state index in [0.717, 1.165) is 5.56 Å². The number of hydrogen-bond donors (Lipinski definition) is 1. The maximum atomic E-state index is 13.2. The highest BCUT2D eigenvalue weighted by Crippen LogP contribution is 2.38. The van der Waals surface area contributed by atoms with Crippen molar-refractivity contribution in [3.8, 4) is 0 Å². The Balaban J connectivity index is 2.04. The van der Waals surface area contributed by atoms with E-state index in [2.05, 4.69) is 4.98 Å². The van der Waals surface area contributed by atoms with Gasteiger partial charge in [-0.15, -0.1) is 0 Å². The number of benzene rings is 1. The molecule has 122 valence electrons. The van der Waals surface area contributed by atoms with Gasteiger partial charge in [-0.25, -0.2) is 4.39 Å². The van der Waals surface area contributed by atoms with Crippen LogP contribution in [0.5, 0.6) is 0 Å². The van der Waals surface area contributed by atoms with E-state index >= 15 is 0 Å². The molecule has 2 aromatic rings. The number of aromatic nitrogens is 1. The Morgan fingerprint density at radius 2 is 2.00 bits per heavy atom.